The number of aromatic hydroxyl groups is 1. The minimum atomic E-state index is -0.375. The maximum atomic E-state index is 12.5. The highest BCUT2D eigenvalue weighted by Crippen LogP contribution is 2.37. The molecule has 1 aromatic heterocycles. The van der Waals surface area contributed by atoms with Gasteiger partial charge >= 0.3 is 5.97 Å². The summed E-state index contributed by atoms with van der Waals surface area (Å²) < 4.78 is 7.24. The number of nitrogens with zero attached hydrogens (tertiary/aromatic N) is 1. The van der Waals surface area contributed by atoms with Crippen molar-refractivity contribution < 1.29 is 14.6 Å². The van der Waals surface area contributed by atoms with E-state index in [0.29, 0.717) is 24.1 Å². The number of allylic oxidation sites excluding steroid dienone is 1. The Balaban J connectivity index is 2.30. The molecule has 0 aliphatic carbocycles. The summed E-state index contributed by atoms with van der Waals surface area (Å²) in [6.07, 6.45) is 1.79. The third-order valence-corrected chi connectivity index (χ3v) is 4.56. The van der Waals surface area contributed by atoms with Crippen LogP contribution in [0.4, 0.5) is 0 Å². The van der Waals surface area contributed by atoms with Gasteiger partial charge in [0.1, 0.15) is 5.75 Å². The zero-order valence-electron chi connectivity index (χ0n) is 15.4. The van der Waals surface area contributed by atoms with Gasteiger partial charge in [-0.2, -0.15) is 0 Å². The van der Waals surface area contributed by atoms with Crippen LogP contribution in [0.15, 0.2) is 49.1 Å². The summed E-state index contributed by atoms with van der Waals surface area (Å²) >= 11 is 0. The smallest absolute Gasteiger partial charge is 0.340 e. The predicted molar refractivity (Wildman–Crippen MR) is 105 cm³/mol. The van der Waals surface area contributed by atoms with Gasteiger partial charge in [0.15, 0.2) is 0 Å². The van der Waals surface area contributed by atoms with Crippen LogP contribution in [0.3, 0.4) is 0 Å². The Bertz CT molecular complexity index is 998. The maximum absolute atomic E-state index is 12.5. The van der Waals surface area contributed by atoms with Crippen LogP contribution in [0.2, 0.25) is 0 Å². The number of phenols is 1. The summed E-state index contributed by atoms with van der Waals surface area (Å²) in [6.45, 7) is 10.4. The van der Waals surface area contributed by atoms with E-state index in [9.17, 15) is 9.90 Å². The zero-order chi connectivity index (χ0) is 18.8. The van der Waals surface area contributed by atoms with Crippen LogP contribution in [-0.4, -0.2) is 22.2 Å². The molecular weight excluding hydrogens is 326 g/mol. The first-order chi connectivity index (χ1) is 12.5. The van der Waals surface area contributed by atoms with E-state index in [-0.39, 0.29) is 11.7 Å². The maximum Gasteiger partial charge on any atom is 0.340 e. The van der Waals surface area contributed by atoms with Gasteiger partial charge < -0.3 is 14.4 Å². The number of esters is 1. The fourth-order valence-corrected chi connectivity index (χ4v) is 3.38. The zero-order valence-corrected chi connectivity index (χ0v) is 15.4. The summed E-state index contributed by atoms with van der Waals surface area (Å²) in [4.78, 5) is 12.5. The Morgan fingerprint density at radius 2 is 2.04 bits per heavy atom. The van der Waals surface area contributed by atoms with Crippen LogP contribution < -0.4 is 0 Å². The predicted octanol–water partition coefficient (Wildman–Crippen LogP) is 4.99. The summed E-state index contributed by atoms with van der Waals surface area (Å²) in [5, 5.41) is 11.3. The number of aryl methyl sites for hydroxylation is 1. The Hall–Kier alpha value is -3.01. The number of phenolic OH excluding ortho intramolecular Hbond substituents is 1. The number of benzene rings is 2. The largest absolute Gasteiger partial charge is 0.507 e. The lowest BCUT2D eigenvalue weighted by Gasteiger charge is -2.09. The molecule has 0 bridgehead atoms. The number of rotatable bonds is 5. The molecule has 0 spiro atoms. The first kappa shape index (κ1) is 17.8. The van der Waals surface area contributed by atoms with Crippen molar-refractivity contribution in [2.24, 2.45) is 0 Å². The van der Waals surface area contributed by atoms with Crippen molar-refractivity contribution in [2.45, 2.75) is 27.3 Å². The molecule has 0 saturated carbocycles. The van der Waals surface area contributed by atoms with E-state index in [1.165, 1.54) is 0 Å². The average molecular weight is 349 g/mol. The topological polar surface area (TPSA) is 51.5 Å². The Kier molecular flexibility index (Phi) is 4.85. The van der Waals surface area contributed by atoms with Crippen LogP contribution in [0.5, 0.6) is 5.75 Å². The van der Waals surface area contributed by atoms with E-state index in [1.807, 2.05) is 48.7 Å². The first-order valence-electron chi connectivity index (χ1n) is 8.68. The molecular formula is C22H23NO3. The van der Waals surface area contributed by atoms with Gasteiger partial charge in [0.05, 0.1) is 17.7 Å². The third kappa shape index (κ3) is 2.99. The van der Waals surface area contributed by atoms with Crippen LogP contribution >= 0.6 is 0 Å². The molecule has 0 atom stereocenters. The monoisotopic (exact) mass is 349 g/mol. The molecule has 2 aromatic carbocycles. The van der Waals surface area contributed by atoms with Gasteiger partial charge in [-0.05, 0) is 38.5 Å². The van der Waals surface area contributed by atoms with Gasteiger partial charge in [-0.1, -0.05) is 35.9 Å². The van der Waals surface area contributed by atoms with Crippen LogP contribution in [0, 0.1) is 13.8 Å². The Morgan fingerprint density at radius 3 is 2.69 bits per heavy atom. The highest BCUT2D eigenvalue weighted by atomic mass is 16.5. The van der Waals surface area contributed by atoms with Crippen molar-refractivity contribution >= 4 is 16.9 Å². The molecule has 4 nitrogen and oxygen atoms in total. The van der Waals surface area contributed by atoms with E-state index in [0.717, 1.165) is 27.9 Å². The number of carbonyl (C=O) groups excluding carboxylic acids is 1. The molecule has 4 heteroatoms. The summed E-state index contributed by atoms with van der Waals surface area (Å²) in [5.74, 6) is -0.232. The molecule has 3 aromatic rings. The number of fused-ring (bicyclic) bond motifs is 1. The second-order valence-electron chi connectivity index (χ2n) is 6.34. The lowest BCUT2D eigenvalue weighted by atomic mass is 10.00. The number of hydrogen-bond acceptors (Lipinski definition) is 3. The number of ether oxygens (including phenoxy) is 1. The number of aromatic nitrogens is 1. The molecule has 0 fully saturated rings. The molecule has 134 valence electrons. The van der Waals surface area contributed by atoms with E-state index >= 15 is 0 Å². The molecule has 0 aliphatic heterocycles. The molecule has 1 N–H and O–H groups in total. The van der Waals surface area contributed by atoms with Gasteiger partial charge in [-0.3, -0.25) is 0 Å². The SMILES string of the molecule is C=CCn1c(C)c(C(=O)OCC)c2cc(O)c(-c3cccc(C)c3)cc21. The van der Waals surface area contributed by atoms with E-state index in [2.05, 4.69) is 6.58 Å². The van der Waals surface area contributed by atoms with Gasteiger partial charge in [-0.25, -0.2) is 4.79 Å². The van der Waals surface area contributed by atoms with Crippen molar-refractivity contribution in [3.05, 3.63) is 65.9 Å². The molecule has 0 saturated heterocycles. The van der Waals surface area contributed by atoms with Gasteiger partial charge in [-0.15, -0.1) is 6.58 Å². The van der Waals surface area contributed by atoms with E-state index < -0.39 is 0 Å². The second kappa shape index (κ2) is 7.08. The van der Waals surface area contributed by atoms with Gasteiger partial charge in [0.2, 0.25) is 0 Å². The van der Waals surface area contributed by atoms with Crippen molar-refractivity contribution in [2.75, 3.05) is 6.61 Å². The molecule has 1 heterocycles. The summed E-state index contributed by atoms with van der Waals surface area (Å²) in [6, 6.07) is 11.6. The second-order valence-corrected chi connectivity index (χ2v) is 6.34. The summed E-state index contributed by atoms with van der Waals surface area (Å²) in [7, 11) is 0. The van der Waals surface area contributed by atoms with Crippen LogP contribution in [0.1, 0.15) is 28.5 Å². The molecule has 0 amide bonds. The molecule has 0 unspecified atom stereocenters. The highest BCUT2D eigenvalue weighted by molar-refractivity contribution is 6.07. The average Bonchev–Trinajstić information content (AvgIpc) is 2.86. The lowest BCUT2D eigenvalue weighted by Crippen LogP contribution is -2.07. The molecule has 3 rings (SSSR count). The Labute approximate surface area is 153 Å². The molecule has 0 radical (unpaired) electrons. The van der Waals surface area contributed by atoms with E-state index in [1.54, 1.807) is 19.1 Å². The summed E-state index contributed by atoms with van der Waals surface area (Å²) in [5.41, 5.74) is 4.96. The van der Waals surface area contributed by atoms with Crippen LogP contribution in [0.25, 0.3) is 22.0 Å². The fourth-order valence-electron chi connectivity index (χ4n) is 3.38. The number of hydrogen-bond donors (Lipinski definition) is 1. The third-order valence-electron chi connectivity index (χ3n) is 4.56. The lowest BCUT2D eigenvalue weighted by molar-refractivity contribution is 0.0527. The van der Waals surface area contributed by atoms with Crippen molar-refractivity contribution in [3.63, 3.8) is 0 Å². The number of carbonyl (C=O) groups is 1. The fraction of sp³-hybridized carbons (Fsp3) is 0.227. The van der Waals surface area contributed by atoms with Gasteiger partial charge in [0.25, 0.3) is 0 Å². The van der Waals surface area contributed by atoms with Crippen LogP contribution in [-0.2, 0) is 11.3 Å². The normalized spacial score (nSPS) is 10.9. The minimum absolute atomic E-state index is 0.143. The minimum Gasteiger partial charge on any atom is -0.507 e. The van der Waals surface area contributed by atoms with Crippen molar-refractivity contribution in [3.8, 4) is 16.9 Å². The van der Waals surface area contributed by atoms with E-state index in [4.69, 9.17) is 4.74 Å². The first-order valence-corrected chi connectivity index (χ1v) is 8.68. The van der Waals surface area contributed by atoms with Crippen molar-refractivity contribution in [1.82, 2.24) is 4.57 Å². The standard InChI is InChI=1S/C22H23NO3/c1-5-10-23-15(4)21(22(25)26-6-2)18-13-20(24)17(12-19(18)23)16-9-7-8-14(3)11-16/h5,7-9,11-13,24H,1,6,10H2,2-4H3. The van der Waals surface area contributed by atoms with Crippen molar-refractivity contribution in [1.29, 1.82) is 0 Å². The van der Waals surface area contributed by atoms with Gasteiger partial charge in [0, 0.05) is 23.2 Å². The quantitative estimate of drug-likeness (QED) is 0.521. The molecule has 0 aliphatic rings. The molecule has 26 heavy (non-hydrogen) atoms. The Morgan fingerprint density at radius 1 is 1.27 bits per heavy atom. The highest BCUT2D eigenvalue weighted by Gasteiger charge is 2.22.